The minimum absolute atomic E-state index is 0.0998. The minimum atomic E-state index is -1.07. The van der Waals surface area contributed by atoms with Crippen molar-refractivity contribution in [2.45, 2.75) is 24.5 Å². The van der Waals surface area contributed by atoms with Gasteiger partial charge in [0, 0.05) is 35.4 Å². The highest BCUT2D eigenvalue weighted by molar-refractivity contribution is 7.13. The van der Waals surface area contributed by atoms with Crippen LogP contribution < -0.4 is 21.3 Å². The molecule has 0 saturated carbocycles. The number of nitrogens with two attached hydrogens (primary N) is 1. The summed E-state index contributed by atoms with van der Waals surface area (Å²) in [5.41, 5.74) is 6.72. The summed E-state index contributed by atoms with van der Waals surface area (Å²) in [5.74, 6) is -1.19. The quantitative estimate of drug-likeness (QED) is 0.480. The second-order valence-electron chi connectivity index (χ2n) is 8.41. The predicted octanol–water partition coefficient (Wildman–Crippen LogP) is 3.09. The highest BCUT2D eigenvalue weighted by Gasteiger charge is 2.49. The van der Waals surface area contributed by atoms with E-state index in [9.17, 15) is 14.4 Å². The summed E-state index contributed by atoms with van der Waals surface area (Å²) in [7, 11) is 0. The molecule has 3 aromatic rings. The number of fused-ring (bicyclic) bond motifs is 2. The monoisotopic (exact) mass is 511 g/mol. The fraction of sp³-hybridized carbons (Fsp3) is 0.250. The van der Waals surface area contributed by atoms with Crippen molar-refractivity contribution in [2.75, 3.05) is 23.7 Å². The number of nitrogens with one attached hydrogen (secondary N) is 2. The highest BCUT2D eigenvalue weighted by Crippen LogP contribution is 2.44. The molecule has 4 N–H and O–H groups in total. The Morgan fingerprint density at radius 3 is 2.77 bits per heavy atom. The maximum Gasteiger partial charge on any atom is 0.422 e. The molecule has 180 valence electrons. The first-order valence-electron chi connectivity index (χ1n) is 11.0. The van der Waals surface area contributed by atoms with Gasteiger partial charge >= 0.3 is 6.09 Å². The van der Waals surface area contributed by atoms with Crippen LogP contribution in [0, 0.1) is 0 Å². The number of nitrogens with zero attached hydrogens (tertiary/aromatic N) is 2. The Morgan fingerprint density at radius 2 is 2.09 bits per heavy atom. The molecule has 35 heavy (non-hydrogen) atoms. The number of imide groups is 1. The molecule has 5 rings (SSSR count). The molecule has 2 atom stereocenters. The number of ether oxygens (including phenoxy) is 1. The van der Waals surface area contributed by atoms with E-state index in [0.717, 1.165) is 21.8 Å². The first kappa shape index (κ1) is 23.3. The summed E-state index contributed by atoms with van der Waals surface area (Å²) >= 11 is 7.39. The first-order chi connectivity index (χ1) is 16.9. The predicted molar refractivity (Wildman–Crippen MR) is 133 cm³/mol. The van der Waals surface area contributed by atoms with E-state index in [-0.39, 0.29) is 17.2 Å². The lowest BCUT2D eigenvalue weighted by Crippen LogP contribution is -2.56. The smallest absolute Gasteiger partial charge is 0.422 e. The Hall–Kier alpha value is -3.47. The Balaban J connectivity index is 1.51. The number of aromatic nitrogens is 1. The summed E-state index contributed by atoms with van der Waals surface area (Å²) in [6.45, 7) is 1.08. The molecule has 2 aliphatic rings. The summed E-state index contributed by atoms with van der Waals surface area (Å²) in [4.78, 5) is 45.0. The number of benzene rings is 2. The van der Waals surface area contributed by atoms with Gasteiger partial charge in [0.25, 0.3) is 11.8 Å². The van der Waals surface area contributed by atoms with Gasteiger partial charge in [0.05, 0.1) is 5.69 Å². The summed E-state index contributed by atoms with van der Waals surface area (Å²) in [6.07, 6.45) is -0.0766. The SMILES string of the molecule is Nc1nc(C(=O)NC(Cc2ccccc2)C(=O)N2C(=O)OC3(CCNC3)c3cc(Cl)ccc32)cs1. The molecule has 0 bridgehead atoms. The topological polar surface area (TPSA) is 127 Å². The molecule has 1 fully saturated rings. The Labute approximate surface area is 210 Å². The first-order valence-corrected chi connectivity index (χ1v) is 12.3. The average Bonchev–Trinajstić information content (AvgIpc) is 3.49. The van der Waals surface area contributed by atoms with Gasteiger partial charge in [-0.25, -0.2) is 14.7 Å². The van der Waals surface area contributed by atoms with E-state index in [1.54, 1.807) is 18.2 Å². The number of rotatable bonds is 5. The minimum Gasteiger partial charge on any atom is -0.436 e. The molecule has 0 aliphatic carbocycles. The van der Waals surface area contributed by atoms with Gasteiger partial charge in [0.15, 0.2) is 10.7 Å². The van der Waals surface area contributed by atoms with Crippen LogP contribution >= 0.6 is 22.9 Å². The third kappa shape index (κ3) is 4.47. The van der Waals surface area contributed by atoms with E-state index in [0.29, 0.717) is 35.8 Å². The molecule has 3 amide bonds. The fourth-order valence-corrected chi connectivity index (χ4v) is 5.17. The second-order valence-corrected chi connectivity index (χ2v) is 9.74. The van der Waals surface area contributed by atoms with E-state index in [1.165, 1.54) is 5.38 Å². The molecule has 1 aromatic heterocycles. The molecule has 2 aliphatic heterocycles. The molecular formula is C24H22ClN5O4S. The van der Waals surface area contributed by atoms with E-state index in [4.69, 9.17) is 22.1 Å². The molecule has 1 spiro atoms. The van der Waals surface area contributed by atoms with Crippen molar-refractivity contribution < 1.29 is 19.1 Å². The number of anilines is 2. The zero-order valence-electron chi connectivity index (χ0n) is 18.5. The maximum atomic E-state index is 13.9. The van der Waals surface area contributed by atoms with Crippen molar-refractivity contribution in [3.8, 4) is 0 Å². The molecule has 3 heterocycles. The van der Waals surface area contributed by atoms with Crippen LogP contribution in [0.15, 0.2) is 53.9 Å². The summed E-state index contributed by atoms with van der Waals surface area (Å²) in [6, 6.07) is 13.1. The van der Waals surface area contributed by atoms with Crippen LogP contribution in [-0.4, -0.2) is 42.0 Å². The zero-order valence-corrected chi connectivity index (χ0v) is 20.1. The van der Waals surface area contributed by atoms with Crippen molar-refractivity contribution in [1.82, 2.24) is 15.6 Å². The number of amides is 3. The largest absolute Gasteiger partial charge is 0.436 e. The van der Waals surface area contributed by atoms with Gasteiger partial charge < -0.3 is 21.1 Å². The number of nitrogen functional groups attached to an aromatic ring is 1. The van der Waals surface area contributed by atoms with Crippen molar-refractivity contribution in [1.29, 1.82) is 0 Å². The molecule has 1 saturated heterocycles. The number of halogens is 1. The normalized spacial score (nSPS) is 19.8. The maximum absolute atomic E-state index is 13.9. The van der Waals surface area contributed by atoms with E-state index in [1.807, 2.05) is 30.3 Å². The number of hydrogen-bond donors (Lipinski definition) is 3. The van der Waals surface area contributed by atoms with E-state index >= 15 is 0 Å². The second kappa shape index (κ2) is 9.29. The van der Waals surface area contributed by atoms with Crippen molar-refractivity contribution >= 4 is 51.7 Å². The van der Waals surface area contributed by atoms with Crippen LogP contribution in [0.25, 0.3) is 0 Å². The molecule has 2 unspecified atom stereocenters. The van der Waals surface area contributed by atoms with Crippen molar-refractivity contribution in [2.24, 2.45) is 0 Å². The standard InChI is InChI=1S/C24H22ClN5O4S/c25-15-6-7-19-16(11-15)24(8-9-27-13-24)34-23(33)30(19)21(32)17(10-14-4-2-1-3-5-14)28-20(31)18-12-35-22(26)29-18/h1-7,11-12,17,27H,8-10,13H2,(H2,26,29)(H,28,31). The number of hydrogen-bond acceptors (Lipinski definition) is 8. The van der Waals surface area contributed by atoms with Gasteiger partial charge in [0.1, 0.15) is 11.7 Å². The Bertz CT molecular complexity index is 1290. The molecule has 9 nitrogen and oxygen atoms in total. The van der Waals surface area contributed by atoms with Crippen LogP contribution in [0.5, 0.6) is 0 Å². The van der Waals surface area contributed by atoms with E-state index in [2.05, 4.69) is 15.6 Å². The lowest BCUT2D eigenvalue weighted by atomic mass is 9.89. The Morgan fingerprint density at radius 1 is 1.29 bits per heavy atom. The van der Waals surface area contributed by atoms with Crippen LogP contribution in [-0.2, 0) is 21.6 Å². The summed E-state index contributed by atoms with van der Waals surface area (Å²) in [5, 5.41) is 8.16. The van der Waals surface area contributed by atoms with Gasteiger partial charge in [-0.3, -0.25) is 9.59 Å². The third-order valence-electron chi connectivity index (χ3n) is 6.13. The number of carbonyl (C=O) groups is 3. The molecule has 2 aromatic carbocycles. The fourth-order valence-electron chi connectivity index (χ4n) is 4.46. The van der Waals surface area contributed by atoms with Gasteiger partial charge in [-0.2, -0.15) is 0 Å². The number of carbonyl (C=O) groups excluding carboxylic acids is 3. The molecule has 11 heteroatoms. The van der Waals surface area contributed by atoms with Crippen LogP contribution in [0.2, 0.25) is 5.02 Å². The van der Waals surface area contributed by atoms with Gasteiger partial charge in [-0.05, 0) is 30.3 Å². The molecule has 0 radical (unpaired) electrons. The van der Waals surface area contributed by atoms with Crippen LogP contribution in [0.4, 0.5) is 15.6 Å². The van der Waals surface area contributed by atoms with Crippen LogP contribution in [0.3, 0.4) is 0 Å². The van der Waals surface area contributed by atoms with Gasteiger partial charge in [-0.1, -0.05) is 41.9 Å². The third-order valence-corrected chi connectivity index (χ3v) is 7.04. The zero-order chi connectivity index (χ0) is 24.6. The molecular weight excluding hydrogens is 490 g/mol. The van der Waals surface area contributed by atoms with Gasteiger partial charge in [-0.15, -0.1) is 11.3 Å². The highest BCUT2D eigenvalue weighted by atomic mass is 35.5. The lowest BCUT2D eigenvalue weighted by molar-refractivity contribution is -0.120. The summed E-state index contributed by atoms with van der Waals surface area (Å²) < 4.78 is 5.85. The van der Waals surface area contributed by atoms with Crippen molar-refractivity contribution in [3.05, 3.63) is 75.8 Å². The van der Waals surface area contributed by atoms with Crippen LogP contribution in [0.1, 0.15) is 28.0 Å². The van der Waals surface area contributed by atoms with Gasteiger partial charge in [0.2, 0.25) is 0 Å². The van der Waals surface area contributed by atoms with Crippen molar-refractivity contribution in [3.63, 3.8) is 0 Å². The Kier molecular flexibility index (Phi) is 6.18. The van der Waals surface area contributed by atoms with E-state index < -0.39 is 29.6 Å². The average molecular weight is 512 g/mol. The lowest BCUT2D eigenvalue weighted by Gasteiger charge is -2.40. The number of thiazole rings is 1.